The summed E-state index contributed by atoms with van der Waals surface area (Å²) in [6.45, 7) is 1.09. The molecule has 0 amide bonds. The number of phenols is 1. The van der Waals surface area contributed by atoms with E-state index in [0.717, 1.165) is 11.5 Å². The molecule has 0 unspecified atom stereocenters. The first-order chi connectivity index (χ1) is 11.8. The third-order valence-electron chi connectivity index (χ3n) is 3.74. The standard InChI is InChI=1S/C18H13F3N2O2/c1-11-15(18(19,20)21)22-16(13-9-5-6-10-14(13)24)23(17(11)25)12-7-3-2-4-8-12/h2-10,24H,1H3. The fourth-order valence-electron chi connectivity index (χ4n) is 2.54. The van der Waals surface area contributed by atoms with Gasteiger partial charge in [0.05, 0.1) is 11.3 Å². The van der Waals surface area contributed by atoms with Crippen LogP contribution in [0.5, 0.6) is 5.75 Å². The van der Waals surface area contributed by atoms with E-state index in [1.807, 2.05) is 0 Å². The summed E-state index contributed by atoms with van der Waals surface area (Å²) in [6.07, 6.45) is -4.78. The molecular weight excluding hydrogens is 333 g/mol. The molecule has 0 atom stereocenters. The summed E-state index contributed by atoms with van der Waals surface area (Å²) >= 11 is 0. The number of halogens is 3. The lowest BCUT2D eigenvalue weighted by Gasteiger charge is -2.17. The average molecular weight is 346 g/mol. The second kappa shape index (κ2) is 6.08. The van der Waals surface area contributed by atoms with Gasteiger partial charge in [-0.3, -0.25) is 9.36 Å². The molecule has 0 saturated carbocycles. The van der Waals surface area contributed by atoms with Crippen LogP contribution in [0.2, 0.25) is 0 Å². The second-order valence-corrected chi connectivity index (χ2v) is 5.40. The van der Waals surface area contributed by atoms with E-state index < -0.39 is 23.0 Å². The fourth-order valence-corrected chi connectivity index (χ4v) is 2.54. The topological polar surface area (TPSA) is 55.1 Å². The number of hydrogen-bond donors (Lipinski definition) is 1. The van der Waals surface area contributed by atoms with Crippen LogP contribution in [-0.2, 0) is 6.18 Å². The van der Waals surface area contributed by atoms with Gasteiger partial charge in [0.1, 0.15) is 5.75 Å². The molecule has 0 aliphatic carbocycles. The van der Waals surface area contributed by atoms with E-state index in [4.69, 9.17) is 0 Å². The van der Waals surface area contributed by atoms with Gasteiger partial charge in [0, 0.05) is 5.56 Å². The highest BCUT2D eigenvalue weighted by Crippen LogP contribution is 2.33. The summed E-state index contributed by atoms with van der Waals surface area (Å²) in [5.74, 6) is -0.539. The van der Waals surface area contributed by atoms with Gasteiger partial charge >= 0.3 is 6.18 Å². The molecule has 0 bridgehead atoms. The van der Waals surface area contributed by atoms with Crippen molar-refractivity contribution in [1.82, 2.24) is 9.55 Å². The lowest BCUT2D eigenvalue weighted by molar-refractivity contribution is -0.141. The Morgan fingerprint density at radius 3 is 2.20 bits per heavy atom. The van der Waals surface area contributed by atoms with Crippen molar-refractivity contribution in [2.45, 2.75) is 13.1 Å². The predicted octanol–water partition coefficient (Wildman–Crippen LogP) is 3.93. The van der Waals surface area contributed by atoms with Crippen LogP contribution in [-0.4, -0.2) is 14.7 Å². The Balaban J connectivity index is 2.44. The largest absolute Gasteiger partial charge is 0.507 e. The molecule has 0 radical (unpaired) electrons. The van der Waals surface area contributed by atoms with E-state index >= 15 is 0 Å². The van der Waals surface area contributed by atoms with Crippen molar-refractivity contribution in [3.63, 3.8) is 0 Å². The summed E-state index contributed by atoms with van der Waals surface area (Å²) in [4.78, 5) is 16.4. The Morgan fingerprint density at radius 2 is 1.60 bits per heavy atom. The molecule has 7 heteroatoms. The zero-order chi connectivity index (χ0) is 18.2. The van der Waals surface area contributed by atoms with Crippen LogP contribution < -0.4 is 5.56 Å². The maximum Gasteiger partial charge on any atom is 0.433 e. The Labute approximate surface area is 140 Å². The van der Waals surface area contributed by atoms with E-state index in [-0.39, 0.29) is 17.1 Å². The van der Waals surface area contributed by atoms with E-state index in [0.29, 0.717) is 5.69 Å². The lowest BCUT2D eigenvalue weighted by Crippen LogP contribution is -2.28. The molecule has 0 saturated heterocycles. The molecule has 128 valence electrons. The molecule has 4 nitrogen and oxygen atoms in total. The molecule has 0 spiro atoms. The normalized spacial score (nSPS) is 11.5. The van der Waals surface area contributed by atoms with Crippen molar-refractivity contribution in [3.05, 3.63) is 76.2 Å². The molecule has 0 aliphatic rings. The number of alkyl halides is 3. The van der Waals surface area contributed by atoms with Crippen molar-refractivity contribution in [1.29, 1.82) is 0 Å². The third kappa shape index (κ3) is 3.00. The zero-order valence-corrected chi connectivity index (χ0v) is 13.1. The molecule has 0 fully saturated rings. The molecule has 0 aliphatic heterocycles. The molecular formula is C18H13F3N2O2. The maximum atomic E-state index is 13.3. The monoisotopic (exact) mass is 346 g/mol. The number of nitrogens with zero attached hydrogens (tertiary/aromatic N) is 2. The van der Waals surface area contributed by atoms with Gasteiger partial charge < -0.3 is 5.11 Å². The van der Waals surface area contributed by atoms with E-state index in [1.54, 1.807) is 36.4 Å². The van der Waals surface area contributed by atoms with Crippen molar-refractivity contribution in [2.24, 2.45) is 0 Å². The van der Waals surface area contributed by atoms with Crippen LogP contribution in [0.3, 0.4) is 0 Å². The van der Waals surface area contributed by atoms with Crippen molar-refractivity contribution >= 4 is 0 Å². The van der Waals surface area contributed by atoms with Crippen molar-refractivity contribution in [3.8, 4) is 22.8 Å². The van der Waals surface area contributed by atoms with Crippen LogP contribution in [0.15, 0.2) is 59.4 Å². The highest BCUT2D eigenvalue weighted by atomic mass is 19.4. The van der Waals surface area contributed by atoms with Gasteiger partial charge in [-0.2, -0.15) is 13.2 Å². The minimum Gasteiger partial charge on any atom is -0.507 e. The maximum absolute atomic E-state index is 13.3. The third-order valence-corrected chi connectivity index (χ3v) is 3.74. The van der Waals surface area contributed by atoms with E-state index in [9.17, 15) is 23.1 Å². The van der Waals surface area contributed by atoms with Crippen LogP contribution >= 0.6 is 0 Å². The highest BCUT2D eigenvalue weighted by Gasteiger charge is 2.37. The Kier molecular flexibility index (Phi) is 4.08. The van der Waals surface area contributed by atoms with Crippen LogP contribution in [0.1, 0.15) is 11.3 Å². The van der Waals surface area contributed by atoms with Crippen LogP contribution in [0, 0.1) is 6.92 Å². The SMILES string of the molecule is Cc1c(C(F)(F)F)nc(-c2ccccc2O)n(-c2ccccc2)c1=O. The summed E-state index contributed by atoms with van der Waals surface area (Å²) in [5, 5.41) is 10.1. The molecule has 3 aromatic rings. The number of phenolic OH excluding ortho intramolecular Hbond substituents is 1. The average Bonchev–Trinajstić information content (AvgIpc) is 2.57. The molecule has 2 aromatic carbocycles. The highest BCUT2D eigenvalue weighted by molar-refractivity contribution is 5.66. The zero-order valence-electron chi connectivity index (χ0n) is 13.1. The summed E-state index contributed by atoms with van der Waals surface area (Å²) in [6, 6.07) is 14.0. The molecule has 25 heavy (non-hydrogen) atoms. The van der Waals surface area contributed by atoms with Gasteiger partial charge in [0.25, 0.3) is 5.56 Å². The Bertz CT molecular complexity index is 980. The number of benzene rings is 2. The first-order valence-corrected chi connectivity index (χ1v) is 7.35. The van der Waals surface area contributed by atoms with Crippen molar-refractivity contribution in [2.75, 3.05) is 0 Å². The van der Waals surface area contributed by atoms with Crippen LogP contribution in [0.4, 0.5) is 13.2 Å². The fraction of sp³-hybridized carbons (Fsp3) is 0.111. The van der Waals surface area contributed by atoms with Gasteiger partial charge in [-0.1, -0.05) is 30.3 Å². The van der Waals surface area contributed by atoms with Crippen molar-refractivity contribution < 1.29 is 18.3 Å². The first kappa shape index (κ1) is 16.8. The summed E-state index contributed by atoms with van der Waals surface area (Å²) < 4.78 is 40.9. The smallest absolute Gasteiger partial charge is 0.433 e. The lowest BCUT2D eigenvalue weighted by atomic mass is 10.1. The minimum atomic E-state index is -4.78. The second-order valence-electron chi connectivity index (χ2n) is 5.40. The van der Waals surface area contributed by atoms with Gasteiger partial charge in [-0.05, 0) is 31.2 Å². The summed E-state index contributed by atoms with van der Waals surface area (Å²) in [7, 11) is 0. The molecule has 1 heterocycles. The van der Waals surface area contributed by atoms with Crippen LogP contribution in [0.25, 0.3) is 17.1 Å². The minimum absolute atomic E-state index is 0.0361. The number of aromatic hydroxyl groups is 1. The number of para-hydroxylation sites is 2. The number of hydrogen-bond acceptors (Lipinski definition) is 3. The molecule has 1 N–H and O–H groups in total. The first-order valence-electron chi connectivity index (χ1n) is 7.35. The number of aromatic nitrogens is 2. The van der Waals surface area contributed by atoms with E-state index in [2.05, 4.69) is 4.98 Å². The predicted molar refractivity (Wildman–Crippen MR) is 86.7 cm³/mol. The van der Waals surface area contributed by atoms with E-state index in [1.165, 1.54) is 18.2 Å². The van der Waals surface area contributed by atoms with Gasteiger partial charge in [0.2, 0.25) is 0 Å². The molecule has 3 rings (SSSR count). The quantitative estimate of drug-likeness (QED) is 0.765. The Morgan fingerprint density at radius 1 is 1.00 bits per heavy atom. The van der Waals surface area contributed by atoms with Gasteiger partial charge in [-0.15, -0.1) is 0 Å². The Hall–Kier alpha value is -3.09. The van der Waals surface area contributed by atoms with Gasteiger partial charge in [-0.25, -0.2) is 4.98 Å². The van der Waals surface area contributed by atoms with Gasteiger partial charge in [0.15, 0.2) is 11.5 Å². The summed E-state index contributed by atoms with van der Waals surface area (Å²) in [5.41, 5.74) is -2.21. The number of rotatable bonds is 2. The molecule has 1 aromatic heterocycles.